The van der Waals surface area contributed by atoms with Crippen LogP contribution >= 0.6 is 0 Å². The minimum atomic E-state index is -1.11. The van der Waals surface area contributed by atoms with Crippen LogP contribution in [0.4, 0.5) is 26.1 Å². The third kappa shape index (κ3) is 7.33. The molecule has 12 heteroatoms. The van der Waals surface area contributed by atoms with Gasteiger partial charge in [0.1, 0.15) is 17.9 Å². The number of aliphatic hydroxyl groups is 1. The standard InChI is InChI=1S/C29H33F2N7O3/c30-23-7-3-8-24(28(23)31)34-27(40)16-19-15-26(37-36-19)35-29-22-10-9-21(17-25(22)32-18-33-29)41-14-4-11-38(12-13-39)20-5-1-2-6-20/h3,7-10,15,17-18,20,39H,1-2,4-6,11-14,16H2,(H,34,40)(H2,32,33,35,36,37). The summed E-state index contributed by atoms with van der Waals surface area (Å²) in [5.41, 5.74) is 0.942. The molecule has 0 radical (unpaired) electrons. The Hall–Kier alpha value is -4.16. The van der Waals surface area contributed by atoms with Crippen molar-refractivity contribution in [2.45, 2.75) is 44.6 Å². The number of nitrogens with one attached hydrogen (secondary N) is 3. The molecule has 216 valence electrons. The zero-order chi connectivity index (χ0) is 28.6. The first kappa shape index (κ1) is 28.4. The maximum Gasteiger partial charge on any atom is 0.230 e. The summed E-state index contributed by atoms with van der Waals surface area (Å²) in [4.78, 5) is 23.4. The third-order valence-corrected chi connectivity index (χ3v) is 7.15. The monoisotopic (exact) mass is 565 g/mol. The number of amides is 1. The molecule has 0 unspecified atom stereocenters. The van der Waals surface area contributed by atoms with Gasteiger partial charge in [-0.05, 0) is 43.5 Å². The summed E-state index contributed by atoms with van der Waals surface area (Å²) in [5, 5.41) is 22.6. The summed E-state index contributed by atoms with van der Waals surface area (Å²) < 4.78 is 33.2. The number of hydrogen-bond acceptors (Lipinski definition) is 8. The van der Waals surface area contributed by atoms with Gasteiger partial charge in [0.15, 0.2) is 17.5 Å². The van der Waals surface area contributed by atoms with Crippen LogP contribution in [-0.4, -0.2) is 68.4 Å². The van der Waals surface area contributed by atoms with Gasteiger partial charge in [0.05, 0.1) is 30.8 Å². The molecule has 1 aliphatic rings. The Labute approximate surface area is 236 Å². The van der Waals surface area contributed by atoms with Gasteiger partial charge >= 0.3 is 0 Å². The van der Waals surface area contributed by atoms with E-state index in [2.05, 4.69) is 35.7 Å². The molecule has 10 nitrogen and oxygen atoms in total. The van der Waals surface area contributed by atoms with Crippen LogP contribution in [0.5, 0.6) is 5.75 Å². The van der Waals surface area contributed by atoms with Gasteiger partial charge in [0.2, 0.25) is 5.91 Å². The number of nitrogens with zero attached hydrogens (tertiary/aromatic N) is 4. The van der Waals surface area contributed by atoms with Crippen molar-refractivity contribution in [3.63, 3.8) is 0 Å². The first-order valence-corrected chi connectivity index (χ1v) is 13.8. The minimum absolute atomic E-state index is 0.117. The van der Waals surface area contributed by atoms with Crippen molar-refractivity contribution in [1.82, 2.24) is 25.1 Å². The van der Waals surface area contributed by atoms with Gasteiger partial charge in [0, 0.05) is 42.3 Å². The van der Waals surface area contributed by atoms with Crippen LogP contribution in [0, 0.1) is 11.6 Å². The summed E-state index contributed by atoms with van der Waals surface area (Å²) >= 11 is 0. The molecular formula is C29H33F2N7O3. The van der Waals surface area contributed by atoms with Crippen LogP contribution in [0.15, 0.2) is 48.8 Å². The maximum absolute atomic E-state index is 13.8. The van der Waals surface area contributed by atoms with Gasteiger partial charge in [-0.25, -0.2) is 18.7 Å². The topological polar surface area (TPSA) is 128 Å². The average Bonchev–Trinajstić information content (AvgIpc) is 3.66. The number of anilines is 3. The second-order valence-electron chi connectivity index (χ2n) is 10.0. The van der Waals surface area contributed by atoms with E-state index < -0.39 is 17.5 Å². The Morgan fingerprint density at radius 2 is 1.98 bits per heavy atom. The van der Waals surface area contributed by atoms with Crippen LogP contribution in [0.1, 0.15) is 37.8 Å². The number of aromatic nitrogens is 4. The van der Waals surface area contributed by atoms with E-state index >= 15 is 0 Å². The number of carbonyl (C=O) groups excluding carboxylic acids is 1. The number of halogens is 2. The van der Waals surface area contributed by atoms with Gasteiger partial charge in [0.25, 0.3) is 0 Å². The summed E-state index contributed by atoms with van der Waals surface area (Å²) in [5.74, 6) is -1.00. The van der Waals surface area contributed by atoms with Crippen molar-refractivity contribution in [3.8, 4) is 5.75 Å². The van der Waals surface area contributed by atoms with Crippen molar-refractivity contribution < 1.29 is 23.4 Å². The van der Waals surface area contributed by atoms with Crippen LogP contribution < -0.4 is 15.4 Å². The van der Waals surface area contributed by atoms with Gasteiger partial charge in [-0.15, -0.1) is 0 Å². The molecule has 4 N–H and O–H groups in total. The molecule has 41 heavy (non-hydrogen) atoms. The fourth-order valence-electron chi connectivity index (χ4n) is 5.16. The zero-order valence-corrected chi connectivity index (χ0v) is 22.6. The van der Waals surface area contributed by atoms with Gasteiger partial charge in [-0.2, -0.15) is 5.10 Å². The molecule has 0 aliphatic heterocycles. The van der Waals surface area contributed by atoms with Crippen LogP contribution in [0.25, 0.3) is 10.9 Å². The third-order valence-electron chi connectivity index (χ3n) is 7.15. The van der Waals surface area contributed by atoms with Crippen molar-refractivity contribution in [2.75, 3.05) is 36.9 Å². The molecule has 0 saturated heterocycles. The molecule has 0 atom stereocenters. The highest BCUT2D eigenvalue weighted by Crippen LogP contribution is 2.27. The lowest BCUT2D eigenvalue weighted by Gasteiger charge is -2.28. The Morgan fingerprint density at radius 3 is 2.80 bits per heavy atom. The van der Waals surface area contributed by atoms with E-state index in [0.717, 1.165) is 24.4 Å². The number of aromatic amines is 1. The van der Waals surface area contributed by atoms with Gasteiger partial charge in [-0.1, -0.05) is 18.9 Å². The smallest absolute Gasteiger partial charge is 0.230 e. The van der Waals surface area contributed by atoms with E-state index in [4.69, 9.17) is 4.74 Å². The minimum Gasteiger partial charge on any atom is -0.493 e. The van der Waals surface area contributed by atoms with E-state index in [-0.39, 0.29) is 18.7 Å². The molecule has 2 aromatic carbocycles. The lowest BCUT2D eigenvalue weighted by Crippen LogP contribution is -2.36. The van der Waals surface area contributed by atoms with E-state index in [1.54, 1.807) is 6.07 Å². The number of hydrogen-bond donors (Lipinski definition) is 4. The van der Waals surface area contributed by atoms with Crippen LogP contribution in [-0.2, 0) is 11.2 Å². The maximum atomic E-state index is 13.8. The Balaban J connectivity index is 1.15. The van der Waals surface area contributed by atoms with Gasteiger partial charge in [-0.3, -0.25) is 14.8 Å². The van der Waals surface area contributed by atoms with E-state index in [1.807, 2.05) is 18.2 Å². The molecule has 0 spiro atoms. The number of benzene rings is 2. The second-order valence-corrected chi connectivity index (χ2v) is 10.0. The molecule has 2 heterocycles. The summed E-state index contributed by atoms with van der Waals surface area (Å²) in [6.07, 6.45) is 7.12. The number of rotatable bonds is 13. The van der Waals surface area contributed by atoms with E-state index in [9.17, 15) is 18.7 Å². The predicted octanol–water partition coefficient (Wildman–Crippen LogP) is 4.56. The molecule has 0 bridgehead atoms. The SMILES string of the molecule is O=C(Cc1cc(Nc2ncnc3cc(OCCCN(CCO)C4CCCC4)ccc23)n[nH]1)Nc1cccc(F)c1F. The van der Waals surface area contributed by atoms with E-state index in [0.29, 0.717) is 47.8 Å². The number of ether oxygens (including phenoxy) is 1. The largest absolute Gasteiger partial charge is 0.493 e. The van der Waals surface area contributed by atoms with Crippen molar-refractivity contribution in [2.24, 2.45) is 0 Å². The lowest BCUT2D eigenvalue weighted by atomic mass is 10.2. The van der Waals surface area contributed by atoms with Gasteiger partial charge < -0.3 is 20.5 Å². The van der Waals surface area contributed by atoms with Crippen LogP contribution in [0.2, 0.25) is 0 Å². The van der Waals surface area contributed by atoms with Crippen molar-refractivity contribution in [3.05, 3.63) is 66.1 Å². The fourth-order valence-corrected chi connectivity index (χ4v) is 5.16. The summed E-state index contributed by atoms with van der Waals surface area (Å²) in [7, 11) is 0. The molecule has 5 rings (SSSR count). The predicted molar refractivity (Wildman–Crippen MR) is 151 cm³/mol. The molecular weight excluding hydrogens is 532 g/mol. The highest BCUT2D eigenvalue weighted by molar-refractivity contribution is 5.93. The number of H-pyrrole nitrogens is 1. The molecule has 1 saturated carbocycles. The number of carbonyl (C=O) groups is 1. The number of aliphatic hydroxyl groups excluding tert-OH is 1. The highest BCUT2D eigenvalue weighted by atomic mass is 19.2. The average molecular weight is 566 g/mol. The summed E-state index contributed by atoms with van der Waals surface area (Å²) in [6.45, 7) is 2.33. The first-order valence-electron chi connectivity index (χ1n) is 13.8. The zero-order valence-electron chi connectivity index (χ0n) is 22.6. The second kappa shape index (κ2) is 13.5. The van der Waals surface area contributed by atoms with Crippen molar-refractivity contribution in [1.29, 1.82) is 0 Å². The van der Waals surface area contributed by atoms with Crippen LogP contribution in [0.3, 0.4) is 0 Å². The Kier molecular flexibility index (Phi) is 9.32. The summed E-state index contributed by atoms with van der Waals surface area (Å²) in [6, 6.07) is 11.4. The molecule has 4 aromatic rings. The fraction of sp³-hybridized carbons (Fsp3) is 0.379. The quantitative estimate of drug-likeness (QED) is 0.174. The first-order chi connectivity index (χ1) is 20.0. The lowest BCUT2D eigenvalue weighted by molar-refractivity contribution is -0.115. The van der Waals surface area contributed by atoms with E-state index in [1.165, 1.54) is 44.1 Å². The Morgan fingerprint density at radius 1 is 1.12 bits per heavy atom. The van der Waals surface area contributed by atoms with Crippen molar-refractivity contribution >= 4 is 34.1 Å². The molecule has 1 aliphatic carbocycles. The number of fused-ring (bicyclic) bond motifs is 1. The molecule has 2 aromatic heterocycles. The molecule has 1 amide bonds. The highest BCUT2D eigenvalue weighted by Gasteiger charge is 2.21. The normalized spacial score (nSPS) is 13.7. The molecule has 1 fully saturated rings. The Bertz CT molecular complexity index is 1480.